The first-order chi connectivity index (χ1) is 10.2. The number of aryl methyl sites for hydroxylation is 1. The van der Waals surface area contributed by atoms with Crippen molar-refractivity contribution in [1.29, 1.82) is 0 Å². The summed E-state index contributed by atoms with van der Waals surface area (Å²) in [7, 11) is 3.72. The predicted octanol–water partition coefficient (Wildman–Crippen LogP) is 3.05. The Balaban J connectivity index is 1.85. The van der Waals surface area contributed by atoms with Gasteiger partial charge in [-0.25, -0.2) is 0 Å². The number of rotatable bonds is 8. The van der Waals surface area contributed by atoms with E-state index in [1.807, 2.05) is 19.2 Å². The van der Waals surface area contributed by atoms with E-state index in [4.69, 9.17) is 9.26 Å². The van der Waals surface area contributed by atoms with Gasteiger partial charge in [-0.1, -0.05) is 30.6 Å². The minimum absolute atomic E-state index is 0.658. The molecule has 0 bridgehead atoms. The molecule has 1 aromatic carbocycles. The van der Waals surface area contributed by atoms with Crippen LogP contribution in [0.3, 0.4) is 0 Å². The molecule has 2 aromatic rings. The molecule has 0 unspecified atom stereocenters. The van der Waals surface area contributed by atoms with Crippen LogP contribution >= 0.6 is 0 Å². The minimum atomic E-state index is 0.658. The lowest BCUT2D eigenvalue weighted by atomic mass is 10.2. The van der Waals surface area contributed by atoms with Gasteiger partial charge in [0.15, 0.2) is 5.82 Å². The first-order valence-electron chi connectivity index (χ1n) is 7.34. The zero-order valence-corrected chi connectivity index (χ0v) is 13.0. The highest BCUT2D eigenvalue weighted by Gasteiger charge is 2.09. The zero-order valence-electron chi connectivity index (χ0n) is 13.0. The topological polar surface area (TPSA) is 51.4 Å². The van der Waals surface area contributed by atoms with Crippen LogP contribution in [0.1, 0.15) is 37.0 Å². The van der Waals surface area contributed by atoms with E-state index in [2.05, 4.69) is 34.1 Å². The SMILES string of the molecule is CCCCc1noc(CN(C)Cc2ccc(OC)cc2)n1. The lowest BCUT2D eigenvalue weighted by molar-refractivity contribution is 0.260. The molecule has 0 amide bonds. The van der Waals surface area contributed by atoms with Gasteiger partial charge < -0.3 is 9.26 Å². The maximum absolute atomic E-state index is 5.28. The third-order valence-electron chi connectivity index (χ3n) is 3.28. The second kappa shape index (κ2) is 7.78. The largest absolute Gasteiger partial charge is 0.497 e. The van der Waals surface area contributed by atoms with Gasteiger partial charge in [-0.3, -0.25) is 4.90 Å². The number of unbranched alkanes of at least 4 members (excludes halogenated alkanes) is 1. The van der Waals surface area contributed by atoms with Gasteiger partial charge in [0.05, 0.1) is 13.7 Å². The summed E-state index contributed by atoms with van der Waals surface area (Å²) >= 11 is 0. The average Bonchev–Trinajstić information content (AvgIpc) is 2.93. The standard InChI is InChI=1S/C16H23N3O2/c1-4-5-6-15-17-16(21-18-15)12-19(2)11-13-7-9-14(20-3)10-8-13/h7-10H,4-6,11-12H2,1-3H3. The van der Waals surface area contributed by atoms with Gasteiger partial charge in [0, 0.05) is 13.0 Å². The van der Waals surface area contributed by atoms with Crippen LogP contribution in [0, 0.1) is 0 Å². The van der Waals surface area contributed by atoms with Gasteiger partial charge in [0.25, 0.3) is 0 Å². The smallest absolute Gasteiger partial charge is 0.240 e. The fourth-order valence-electron chi connectivity index (χ4n) is 2.12. The Kier molecular flexibility index (Phi) is 5.75. The molecule has 2 rings (SSSR count). The summed E-state index contributed by atoms with van der Waals surface area (Å²) in [6, 6.07) is 8.07. The van der Waals surface area contributed by atoms with Gasteiger partial charge >= 0.3 is 0 Å². The highest BCUT2D eigenvalue weighted by molar-refractivity contribution is 5.27. The predicted molar refractivity (Wildman–Crippen MR) is 81.1 cm³/mol. The highest BCUT2D eigenvalue weighted by Crippen LogP contribution is 2.13. The average molecular weight is 289 g/mol. The molecule has 0 saturated carbocycles. The third kappa shape index (κ3) is 4.86. The normalized spacial score (nSPS) is 11.0. The van der Waals surface area contributed by atoms with E-state index in [1.54, 1.807) is 7.11 Å². The lowest BCUT2D eigenvalue weighted by Crippen LogP contribution is -2.17. The molecule has 0 aliphatic heterocycles. The molecule has 0 saturated heterocycles. The van der Waals surface area contributed by atoms with Gasteiger partial charge in [-0.05, 0) is 31.2 Å². The van der Waals surface area contributed by atoms with E-state index < -0.39 is 0 Å². The Morgan fingerprint density at radius 2 is 1.95 bits per heavy atom. The van der Waals surface area contributed by atoms with Crippen molar-refractivity contribution in [3.05, 3.63) is 41.5 Å². The molecule has 0 aliphatic carbocycles. The van der Waals surface area contributed by atoms with Crippen molar-refractivity contribution in [2.75, 3.05) is 14.2 Å². The summed E-state index contributed by atoms with van der Waals surface area (Å²) in [5.41, 5.74) is 1.23. The quantitative estimate of drug-likeness (QED) is 0.747. The molecule has 0 aliphatic rings. The van der Waals surface area contributed by atoms with E-state index in [0.29, 0.717) is 12.4 Å². The second-order valence-corrected chi connectivity index (χ2v) is 5.23. The summed E-state index contributed by atoms with van der Waals surface area (Å²) in [6.07, 6.45) is 3.13. The molecule has 0 fully saturated rings. The molecule has 5 heteroatoms. The van der Waals surface area contributed by atoms with Gasteiger partial charge in [-0.2, -0.15) is 4.98 Å². The molecule has 1 heterocycles. The molecule has 21 heavy (non-hydrogen) atoms. The summed E-state index contributed by atoms with van der Waals surface area (Å²) in [6.45, 7) is 3.64. The van der Waals surface area contributed by atoms with Crippen molar-refractivity contribution >= 4 is 0 Å². The van der Waals surface area contributed by atoms with E-state index in [9.17, 15) is 0 Å². The number of aromatic nitrogens is 2. The fraction of sp³-hybridized carbons (Fsp3) is 0.500. The molecule has 1 aromatic heterocycles. The van der Waals surface area contributed by atoms with Crippen LogP contribution in [0.5, 0.6) is 5.75 Å². The maximum atomic E-state index is 5.28. The van der Waals surface area contributed by atoms with Crippen molar-refractivity contribution in [2.45, 2.75) is 39.3 Å². The number of hydrogen-bond donors (Lipinski definition) is 0. The fourth-order valence-corrected chi connectivity index (χ4v) is 2.12. The third-order valence-corrected chi connectivity index (χ3v) is 3.28. The molecule has 5 nitrogen and oxygen atoms in total. The molecule has 0 atom stereocenters. The molecule has 114 valence electrons. The monoisotopic (exact) mass is 289 g/mol. The van der Waals surface area contributed by atoms with E-state index >= 15 is 0 Å². The van der Waals surface area contributed by atoms with Crippen molar-refractivity contribution in [3.8, 4) is 5.75 Å². The van der Waals surface area contributed by atoms with Crippen LogP contribution in [-0.2, 0) is 19.5 Å². The van der Waals surface area contributed by atoms with E-state index in [-0.39, 0.29) is 0 Å². The van der Waals surface area contributed by atoms with Crippen LogP contribution in [0.2, 0.25) is 0 Å². The summed E-state index contributed by atoms with van der Waals surface area (Å²) in [5, 5.41) is 4.01. The van der Waals surface area contributed by atoms with Crippen LogP contribution in [0.4, 0.5) is 0 Å². The first-order valence-corrected chi connectivity index (χ1v) is 7.34. The number of benzene rings is 1. The number of nitrogens with zero attached hydrogens (tertiary/aromatic N) is 3. The summed E-state index contributed by atoms with van der Waals surface area (Å²) < 4.78 is 10.4. The van der Waals surface area contributed by atoms with Gasteiger partial charge in [0.1, 0.15) is 5.75 Å². The van der Waals surface area contributed by atoms with Crippen LogP contribution in [-0.4, -0.2) is 29.2 Å². The zero-order chi connectivity index (χ0) is 15.1. The van der Waals surface area contributed by atoms with E-state index in [0.717, 1.165) is 37.4 Å². The maximum Gasteiger partial charge on any atom is 0.240 e. The number of methoxy groups -OCH3 is 1. The van der Waals surface area contributed by atoms with Gasteiger partial charge in [0.2, 0.25) is 5.89 Å². The molecule has 0 spiro atoms. The summed E-state index contributed by atoms with van der Waals surface area (Å²) in [5.74, 6) is 2.36. The Hall–Kier alpha value is -1.88. The molecule has 0 radical (unpaired) electrons. The van der Waals surface area contributed by atoms with Crippen LogP contribution < -0.4 is 4.74 Å². The molecular formula is C16H23N3O2. The van der Waals surface area contributed by atoms with Crippen molar-refractivity contribution < 1.29 is 9.26 Å². The number of hydrogen-bond acceptors (Lipinski definition) is 5. The van der Waals surface area contributed by atoms with E-state index in [1.165, 1.54) is 5.56 Å². The molecule has 0 N–H and O–H groups in total. The Labute approximate surface area is 125 Å². The minimum Gasteiger partial charge on any atom is -0.497 e. The van der Waals surface area contributed by atoms with Gasteiger partial charge in [-0.15, -0.1) is 0 Å². The van der Waals surface area contributed by atoms with Crippen molar-refractivity contribution in [2.24, 2.45) is 0 Å². The van der Waals surface area contributed by atoms with Crippen LogP contribution in [0.15, 0.2) is 28.8 Å². The Bertz CT molecular complexity index is 537. The summed E-state index contributed by atoms with van der Waals surface area (Å²) in [4.78, 5) is 6.57. The first kappa shape index (κ1) is 15.5. The lowest BCUT2D eigenvalue weighted by Gasteiger charge is -2.14. The van der Waals surface area contributed by atoms with Crippen molar-refractivity contribution in [3.63, 3.8) is 0 Å². The highest BCUT2D eigenvalue weighted by atomic mass is 16.5. The Morgan fingerprint density at radius 1 is 1.19 bits per heavy atom. The van der Waals surface area contributed by atoms with Crippen molar-refractivity contribution in [1.82, 2.24) is 15.0 Å². The number of ether oxygens (including phenoxy) is 1. The molecular weight excluding hydrogens is 266 g/mol. The second-order valence-electron chi connectivity index (χ2n) is 5.23. The van der Waals surface area contributed by atoms with Crippen LogP contribution in [0.25, 0.3) is 0 Å². The Morgan fingerprint density at radius 3 is 2.62 bits per heavy atom.